The van der Waals surface area contributed by atoms with Gasteiger partial charge in [-0.1, -0.05) is 17.7 Å². The molecule has 0 aromatic carbocycles. The van der Waals surface area contributed by atoms with E-state index in [0.717, 1.165) is 19.4 Å². The molecule has 0 bridgehead atoms. The number of rotatable bonds is 6. The molecule has 4 nitrogen and oxygen atoms in total. The lowest BCUT2D eigenvalue weighted by atomic mass is 10.2. The van der Waals surface area contributed by atoms with Gasteiger partial charge in [0, 0.05) is 36.2 Å². The highest BCUT2D eigenvalue weighted by atomic mass is 35.5. The molecule has 0 fully saturated rings. The van der Waals surface area contributed by atoms with Gasteiger partial charge in [-0.15, -0.1) is 0 Å². The monoisotopic (exact) mass is 290 g/mol. The fourth-order valence-corrected chi connectivity index (χ4v) is 2.00. The number of aromatic nitrogens is 2. The van der Waals surface area contributed by atoms with Gasteiger partial charge in [-0.05, 0) is 18.6 Å². The first-order chi connectivity index (χ1) is 9.74. The number of hydrogen-bond acceptors (Lipinski definition) is 2. The van der Waals surface area contributed by atoms with Crippen LogP contribution in [0.4, 0.5) is 5.82 Å². The molecule has 0 saturated carbocycles. The van der Waals surface area contributed by atoms with Crippen LogP contribution in [-0.2, 0) is 11.3 Å². The van der Waals surface area contributed by atoms with Crippen molar-refractivity contribution in [2.75, 3.05) is 5.32 Å². The van der Waals surface area contributed by atoms with Crippen molar-refractivity contribution in [3.8, 4) is 0 Å². The van der Waals surface area contributed by atoms with Gasteiger partial charge in [-0.25, -0.2) is 9.55 Å². The number of unbranched alkanes of at least 4 members (excludes halogenated alkanes) is 1. The number of carbonyl (C=O) groups excluding carboxylic acids is 1. The first-order valence-corrected chi connectivity index (χ1v) is 6.97. The number of nitrogens with zero attached hydrogens (tertiary/aromatic N) is 2. The molecule has 1 N–H and O–H groups in total. The number of halogens is 1. The maximum absolute atomic E-state index is 11.7. The van der Waals surface area contributed by atoms with Crippen LogP contribution in [0.5, 0.6) is 0 Å². The van der Waals surface area contributed by atoms with E-state index < -0.39 is 0 Å². The molecule has 2 rings (SSSR count). The summed E-state index contributed by atoms with van der Waals surface area (Å²) < 4.78 is 2.11. The standard InChI is InChI=1S/C15H16ClN3O/c16-13-7-8-17-14(12-13)18-15(20)6-2-5-11-19-9-3-1-4-10-19/h1,3-4,7-10,12H,2,5-6,11H2/p+1. The Kier molecular flexibility index (Phi) is 5.50. The summed E-state index contributed by atoms with van der Waals surface area (Å²) in [7, 11) is 0. The molecule has 1 amide bonds. The molecule has 0 aliphatic rings. The smallest absolute Gasteiger partial charge is 0.225 e. The number of amides is 1. The van der Waals surface area contributed by atoms with Crippen LogP contribution in [0, 0.1) is 0 Å². The van der Waals surface area contributed by atoms with Crippen molar-refractivity contribution >= 4 is 23.3 Å². The van der Waals surface area contributed by atoms with Crippen molar-refractivity contribution in [3.63, 3.8) is 0 Å². The van der Waals surface area contributed by atoms with E-state index in [1.165, 1.54) is 0 Å². The Bertz CT molecular complexity index is 560. The molecule has 2 aromatic heterocycles. The molecule has 0 radical (unpaired) electrons. The molecule has 2 aromatic rings. The zero-order valence-electron chi connectivity index (χ0n) is 11.1. The van der Waals surface area contributed by atoms with Crippen LogP contribution in [0.2, 0.25) is 5.02 Å². The summed E-state index contributed by atoms with van der Waals surface area (Å²) in [5.41, 5.74) is 0. The molecule has 2 heterocycles. The molecule has 0 saturated heterocycles. The largest absolute Gasteiger partial charge is 0.311 e. The molecule has 0 aliphatic carbocycles. The lowest BCUT2D eigenvalue weighted by molar-refractivity contribution is -0.697. The third-order valence-corrected chi connectivity index (χ3v) is 3.07. The molecular formula is C15H17ClN3O+. The maximum Gasteiger partial charge on any atom is 0.225 e. The van der Waals surface area contributed by atoms with Crippen molar-refractivity contribution in [1.82, 2.24) is 4.98 Å². The number of anilines is 1. The highest BCUT2D eigenvalue weighted by Crippen LogP contribution is 2.12. The summed E-state index contributed by atoms with van der Waals surface area (Å²) in [6.45, 7) is 0.920. The van der Waals surface area contributed by atoms with Gasteiger partial charge in [0.1, 0.15) is 12.4 Å². The summed E-state index contributed by atoms with van der Waals surface area (Å²) in [6, 6.07) is 9.30. The van der Waals surface area contributed by atoms with Crippen molar-refractivity contribution in [3.05, 3.63) is 53.9 Å². The van der Waals surface area contributed by atoms with E-state index in [2.05, 4.69) is 14.9 Å². The summed E-state index contributed by atoms with van der Waals surface area (Å²) in [5, 5.41) is 3.31. The Morgan fingerprint density at radius 3 is 2.80 bits per heavy atom. The van der Waals surface area contributed by atoms with Crippen LogP contribution in [0.1, 0.15) is 19.3 Å². The Labute approximate surface area is 123 Å². The number of nitrogens with one attached hydrogen (secondary N) is 1. The number of carbonyl (C=O) groups is 1. The minimum Gasteiger partial charge on any atom is -0.311 e. The average Bonchev–Trinajstić information content (AvgIpc) is 2.45. The molecular weight excluding hydrogens is 274 g/mol. The molecule has 0 atom stereocenters. The summed E-state index contributed by atoms with van der Waals surface area (Å²) >= 11 is 5.83. The topological polar surface area (TPSA) is 45.9 Å². The van der Waals surface area contributed by atoms with Crippen LogP contribution in [0.15, 0.2) is 48.9 Å². The Hall–Kier alpha value is -1.94. The Morgan fingerprint density at radius 2 is 2.05 bits per heavy atom. The lowest BCUT2D eigenvalue weighted by Crippen LogP contribution is -2.32. The maximum atomic E-state index is 11.7. The number of pyridine rings is 2. The lowest BCUT2D eigenvalue weighted by Gasteiger charge is -2.03. The third kappa shape index (κ3) is 4.97. The van der Waals surface area contributed by atoms with Crippen LogP contribution in [0.25, 0.3) is 0 Å². The van der Waals surface area contributed by atoms with Crippen molar-refractivity contribution < 1.29 is 9.36 Å². The van der Waals surface area contributed by atoms with Gasteiger partial charge in [0.15, 0.2) is 12.4 Å². The quantitative estimate of drug-likeness (QED) is 0.657. The van der Waals surface area contributed by atoms with E-state index >= 15 is 0 Å². The third-order valence-electron chi connectivity index (χ3n) is 2.84. The zero-order chi connectivity index (χ0) is 14.2. The van der Waals surface area contributed by atoms with Crippen molar-refractivity contribution in [2.24, 2.45) is 0 Å². The van der Waals surface area contributed by atoms with Gasteiger partial charge >= 0.3 is 0 Å². The van der Waals surface area contributed by atoms with Crippen LogP contribution in [0.3, 0.4) is 0 Å². The van der Waals surface area contributed by atoms with Gasteiger partial charge in [-0.3, -0.25) is 4.79 Å². The summed E-state index contributed by atoms with van der Waals surface area (Å²) in [5.74, 6) is 0.470. The fraction of sp³-hybridized carbons (Fsp3) is 0.267. The fourth-order valence-electron chi connectivity index (χ4n) is 1.84. The van der Waals surface area contributed by atoms with E-state index in [1.54, 1.807) is 18.3 Å². The predicted molar refractivity (Wildman–Crippen MR) is 78.4 cm³/mol. The van der Waals surface area contributed by atoms with Gasteiger partial charge < -0.3 is 5.32 Å². The number of aryl methyl sites for hydroxylation is 1. The van der Waals surface area contributed by atoms with E-state index in [-0.39, 0.29) is 5.91 Å². The highest BCUT2D eigenvalue weighted by Gasteiger charge is 2.05. The Morgan fingerprint density at radius 1 is 1.25 bits per heavy atom. The van der Waals surface area contributed by atoms with Gasteiger partial charge in [0.05, 0.1) is 0 Å². The molecule has 5 heteroatoms. The first-order valence-electron chi connectivity index (χ1n) is 6.59. The highest BCUT2D eigenvalue weighted by molar-refractivity contribution is 6.30. The number of hydrogen-bond donors (Lipinski definition) is 1. The first kappa shape index (κ1) is 14.5. The molecule has 104 valence electrons. The molecule has 0 aliphatic heterocycles. The second kappa shape index (κ2) is 7.60. The van der Waals surface area contributed by atoms with Crippen LogP contribution >= 0.6 is 11.6 Å². The predicted octanol–water partition coefficient (Wildman–Crippen LogP) is 2.83. The zero-order valence-corrected chi connectivity index (χ0v) is 11.9. The van der Waals surface area contributed by atoms with Gasteiger partial charge in [0.25, 0.3) is 0 Å². The second-order valence-electron chi connectivity index (χ2n) is 4.48. The van der Waals surface area contributed by atoms with Crippen LogP contribution < -0.4 is 9.88 Å². The average molecular weight is 291 g/mol. The second-order valence-corrected chi connectivity index (χ2v) is 4.91. The van der Waals surface area contributed by atoms with Crippen molar-refractivity contribution in [2.45, 2.75) is 25.8 Å². The molecule has 0 unspecified atom stereocenters. The van der Waals surface area contributed by atoms with Crippen molar-refractivity contribution in [1.29, 1.82) is 0 Å². The molecule has 0 spiro atoms. The van der Waals surface area contributed by atoms with E-state index in [9.17, 15) is 4.79 Å². The van der Waals surface area contributed by atoms with Gasteiger partial charge in [-0.2, -0.15) is 0 Å². The SMILES string of the molecule is O=C(CCCC[n+]1ccccc1)Nc1cc(Cl)ccn1. The van der Waals surface area contributed by atoms with E-state index in [0.29, 0.717) is 17.3 Å². The minimum absolute atomic E-state index is 0.0298. The summed E-state index contributed by atoms with van der Waals surface area (Å²) in [4.78, 5) is 15.8. The van der Waals surface area contributed by atoms with E-state index in [1.807, 2.05) is 30.6 Å². The normalized spacial score (nSPS) is 10.2. The molecule has 20 heavy (non-hydrogen) atoms. The summed E-state index contributed by atoms with van der Waals surface area (Å²) in [6.07, 6.45) is 7.91. The van der Waals surface area contributed by atoms with E-state index in [4.69, 9.17) is 11.6 Å². The Balaban J connectivity index is 1.68. The van der Waals surface area contributed by atoms with Crippen LogP contribution in [-0.4, -0.2) is 10.9 Å². The van der Waals surface area contributed by atoms with Gasteiger partial charge in [0.2, 0.25) is 5.91 Å². The minimum atomic E-state index is -0.0298.